The van der Waals surface area contributed by atoms with Crippen LogP contribution in [-0.2, 0) is 0 Å². The third-order valence-electron chi connectivity index (χ3n) is 6.31. The second-order valence-electron chi connectivity index (χ2n) is 8.38. The van der Waals surface area contributed by atoms with Gasteiger partial charge in [0.15, 0.2) is 0 Å². The quantitative estimate of drug-likeness (QED) is 0.432. The highest BCUT2D eigenvalue weighted by Crippen LogP contribution is 2.32. The van der Waals surface area contributed by atoms with Gasteiger partial charge < -0.3 is 24.6 Å². The molecule has 7 heteroatoms. The van der Waals surface area contributed by atoms with Crippen molar-refractivity contribution in [1.29, 1.82) is 0 Å². The van der Waals surface area contributed by atoms with Crippen LogP contribution in [0.3, 0.4) is 0 Å². The lowest BCUT2D eigenvalue weighted by atomic mass is 10.1. The van der Waals surface area contributed by atoms with Gasteiger partial charge in [0.2, 0.25) is 0 Å². The van der Waals surface area contributed by atoms with Gasteiger partial charge in [-0.25, -0.2) is 4.98 Å². The highest BCUT2D eigenvalue weighted by Gasteiger charge is 2.24. The van der Waals surface area contributed by atoms with Crippen LogP contribution >= 0.6 is 0 Å². The molecule has 1 amide bonds. The van der Waals surface area contributed by atoms with Gasteiger partial charge in [0, 0.05) is 43.3 Å². The molecule has 0 saturated carbocycles. The summed E-state index contributed by atoms with van der Waals surface area (Å²) >= 11 is 0. The number of methoxy groups -OCH3 is 2. The van der Waals surface area contributed by atoms with Crippen LogP contribution in [0.4, 0.5) is 17.2 Å². The summed E-state index contributed by atoms with van der Waals surface area (Å²) in [6.07, 6.45) is 0. The number of rotatable bonds is 6. The molecule has 7 nitrogen and oxygen atoms in total. The number of amides is 1. The Morgan fingerprint density at radius 1 is 0.857 bits per heavy atom. The number of piperazine rings is 1. The number of carbonyl (C=O) groups excluding carboxylic acids is 1. The summed E-state index contributed by atoms with van der Waals surface area (Å²) in [6, 6.07) is 25.4. The zero-order chi connectivity index (χ0) is 24.2. The number of para-hydroxylation sites is 2. The van der Waals surface area contributed by atoms with E-state index in [1.165, 1.54) is 5.69 Å². The molecule has 35 heavy (non-hydrogen) atoms. The number of hydrogen-bond donors (Lipinski definition) is 1. The van der Waals surface area contributed by atoms with Crippen LogP contribution in [0.25, 0.3) is 10.9 Å². The molecule has 1 saturated heterocycles. The summed E-state index contributed by atoms with van der Waals surface area (Å²) in [5.74, 6) is 1.92. The van der Waals surface area contributed by atoms with Crippen molar-refractivity contribution in [3.05, 3.63) is 84.4 Å². The fourth-order valence-corrected chi connectivity index (χ4v) is 4.43. The number of anilines is 3. The highest BCUT2D eigenvalue weighted by atomic mass is 16.5. The van der Waals surface area contributed by atoms with Crippen molar-refractivity contribution in [3.63, 3.8) is 0 Å². The Morgan fingerprint density at radius 3 is 2.34 bits per heavy atom. The maximum Gasteiger partial charge on any atom is 0.254 e. The van der Waals surface area contributed by atoms with Crippen LogP contribution in [0.15, 0.2) is 78.9 Å². The zero-order valence-corrected chi connectivity index (χ0v) is 19.9. The number of aromatic nitrogens is 1. The van der Waals surface area contributed by atoms with Crippen molar-refractivity contribution in [2.45, 2.75) is 0 Å². The van der Waals surface area contributed by atoms with Crippen molar-refractivity contribution in [2.75, 3.05) is 50.6 Å². The molecule has 178 valence electrons. The third kappa shape index (κ3) is 4.71. The number of hydrogen-bond acceptors (Lipinski definition) is 6. The summed E-state index contributed by atoms with van der Waals surface area (Å²) in [4.78, 5) is 22.7. The number of nitrogens with one attached hydrogen (secondary N) is 1. The number of pyridine rings is 1. The number of carbonyl (C=O) groups is 1. The molecule has 0 unspecified atom stereocenters. The molecule has 4 aromatic rings. The standard InChI is InChI=1S/C28H28N4O3/c1-34-21-12-13-25(26(18-21)35-2)30-27-19-23(22-10-6-7-11-24(22)29-27)28(33)32-16-14-31(15-17-32)20-8-4-3-5-9-20/h3-13,18-19H,14-17H2,1-2H3,(H,29,30). The van der Waals surface area contributed by atoms with Crippen molar-refractivity contribution in [2.24, 2.45) is 0 Å². The summed E-state index contributed by atoms with van der Waals surface area (Å²) in [6.45, 7) is 2.93. The number of benzene rings is 3. The van der Waals surface area contributed by atoms with E-state index in [-0.39, 0.29) is 5.91 Å². The van der Waals surface area contributed by atoms with Crippen LogP contribution in [0.2, 0.25) is 0 Å². The van der Waals surface area contributed by atoms with Gasteiger partial charge in [-0.2, -0.15) is 0 Å². The molecule has 0 spiro atoms. The lowest BCUT2D eigenvalue weighted by molar-refractivity contribution is 0.0748. The minimum Gasteiger partial charge on any atom is -0.497 e. The topological polar surface area (TPSA) is 66.9 Å². The molecule has 1 fully saturated rings. The van der Waals surface area contributed by atoms with Crippen molar-refractivity contribution in [3.8, 4) is 11.5 Å². The molecule has 1 aliphatic heterocycles. The van der Waals surface area contributed by atoms with E-state index in [9.17, 15) is 4.79 Å². The molecule has 1 aliphatic rings. The predicted molar refractivity (Wildman–Crippen MR) is 139 cm³/mol. The van der Waals surface area contributed by atoms with Crippen LogP contribution in [-0.4, -0.2) is 56.2 Å². The van der Waals surface area contributed by atoms with Crippen molar-refractivity contribution in [1.82, 2.24) is 9.88 Å². The Hall–Kier alpha value is -4.26. The summed E-state index contributed by atoms with van der Waals surface area (Å²) in [7, 11) is 3.22. The van der Waals surface area contributed by atoms with Gasteiger partial charge in [-0.3, -0.25) is 4.79 Å². The second-order valence-corrected chi connectivity index (χ2v) is 8.38. The van der Waals surface area contributed by atoms with Gasteiger partial charge >= 0.3 is 0 Å². The third-order valence-corrected chi connectivity index (χ3v) is 6.31. The smallest absolute Gasteiger partial charge is 0.254 e. The number of ether oxygens (including phenoxy) is 2. The Kier molecular flexibility index (Phi) is 6.39. The van der Waals surface area contributed by atoms with E-state index in [4.69, 9.17) is 14.5 Å². The van der Waals surface area contributed by atoms with Crippen molar-refractivity contribution >= 4 is 34.0 Å². The fourth-order valence-electron chi connectivity index (χ4n) is 4.43. The average molecular weight is 469 g/mol. The van der Waals surface area contributed by atoms with Gasteiger partial charge in [0.1, 0.15) is 17.3 Å². The second kappa shape index (κ2) is 9.93. The van der Waals surface area contributed by atoms with Crippen LogP contribution in [0.5, 0.6) is 11.5 Å². The summed E-state index contributed by atoms with van der Waals surface area (Å²) in [5.41, 5.74) is 3.33. The number of fused-ring (bicyclic) bond motifs is 1. The van der Waals surface area contributed by atoms with E-state index < -0.39 is 0 Å². The van der Waals surface area contributed by atoms with E-state index in [1.54, 1.807) is 14.2 Å². The number of nitrogens with zero attached hydrogens (tertiary/aromatic N) is 3. The molecule has 1 aromatic heterocycles. The molecule has 0 aliphatic carbocycles. The molecule has 0 radical (unpaired) electrons. The Bertz CT molecular complexity index is 1330. The maximum atomic E-state index is 13.7. The molecule has 5 rings (SSSR count). The zero-order valence-electron chi connectivity index (χ0n) is 19.9. The minimum atomic E-state index is 0.0149. The fraction of sp³-hybridized carbons (Fsp3) is 0.214. The molecule has 3 aromatic carbocycles. The Balaban J connectivity index is 1.42. The first kappa shape index (κ1) is 22.5. The summed E-state index contributed by atoms with van der Waals surface area (Å²) < 4.78 is 10.8. The van der Waals surface area contributed by atoms with E-state index in [2.05, 4.69) is 22.3 Å². The van der Waals surface area contributed by atoms with Gasteiger partial charge in [-0.05, 0) is 36.4 Å². The average Bonchev–Trinajstić information content (AvgIpc) is 2.93. The highest BCUT2D eigenvalue weighted by molar-refractivity contribution is 6.07. The summed E-state index contributed by atoms with van der Waals surface area (Å²) in [5, 5.41) is 4.17. The monoisotopic (exact) mass is 468 g/mol. The van der Waals surface area contributed by atoms with Crippen LogP contribution in [0.1, 0.15) is 10.4 Å². The SMILES string of the molecule is COc1ccc(Nc2cc(C(=O)N3CCN(c4ccccc4)CC3)c3ccccc3n2)c(OC)c1. The van der Waals surface area contributed by atoms with Gasteiger partial charge in [0.25, 0.3) is 5.91 Å². The minimum absolute atomic E-state index is 0.0149. The molecule has 0 atom stereocenters. The van der Waals surface area contributed by atoms with E-state index >= 15 is 0 Å². The first-order chi connectivity index (χ1) is 17.2. The first-order valence-electron chi connectivity index (χ1n) is 11.6. The molecule has 2 heterocycles. The van der Waals surface area contributed by atoms with Gasteiger partial charge in [0.05, 0.1) is 31.0 Å². The maximum absolute atomic E-state index is 13.7. The van der Waals surface area contributed by atoms with E-state index in [1.807, 2.05) is 71.6 Å². The van der Waals surface area contributed by atoms with E-state index in [0.717, 1.165) is 29.7 Å². The lowest BCUT2D eigenvalue weighted by Gasteiger charge is -2.36. The largest absolute Gasteiger partial charge is 0.497 e. The van der Waals surface area contributed by atoms with Gasteiger partial charge in [-0.15, -0.1) is 0 Å². The van der Waals surface area contributed by atoms with E-state index in [0.29, 0.717) is 36.0 Å². The lowest BCUT2D eigenvalue weighted by Crippen LogP contribution is -2.48. The van der Waals surface area contributed by atoms with Crippen molar-refractivity contribution < 1.29 is 14.3 Å². The first-order valence-corrected chi connectivity index (χ1v) is 11.6. The van der Waals surface area contributed by atoms with Gasteiger partial charge in [-0.1, -0.05) is 36.4 Å². The molecular weight excluding hydrogens is 440 g/mol. The molecule has 0 bridgehead atoms. The van der Waals surface area contributed by atoms with Crippen LogP contribution in [0, 0.1) is 0 Å². The molecule has 1 N–H and O–H groups in total. The predicted octanol–water partition coefficient (Wildman–Crippen LogP) is 4.96. The Labute approximate surface area is 204 Å². The Morgan fingerprint density at radius 2 is 1.60 bits per heavy atom. The molecular formula is C28H28N4O3. The normalized spacial score (nSPS) is 13.5. The van der Waals surface area contributed by atoms with Crippen LogP contribution < -0.4 is 19.7 Å².